The molecule has 0 radical (unpaired) electrons. The molecule has 1 aromatic carbocycles. The van der Waals surface area contributed by atoms with E-state index >= 15 is 0 Å². The maximum Gasteiger partial charge on any atom is 0.322 e. The predicted octanol–water partition coefficient (Wildman–Crippen LogP) is 3.75. The van der Waals surface area contributed by atoms with E-state index in [1.54, 1.807) is 12.1 Å². The van der Waals surface area contributed by atoms with Gasteiger partial charge in [-0.25, -0.2) is 4.79 Å². The van der Waals surface area contributed by atoms with Crippen molar-refractivity contribution in [2.24, 2.45) is 0 Å². The van der Waals surface area contributed by atoms with Crippen molar-refractivity contribution >= 4 is 23.3 Å². The first-order valence-electron chi connectivity index (χ1n) is 6.63. The van der Waals surface area contributed by atoms with Gasteiger partial charge in [0, 0.05) is 35.7 Å². The number of rotatable bonds is 1. The van der Waals surface area contributed by atoms with Gasteiger partial charge in [-0.1, -0.05) is 17.7 Å². The van der Waals surface area contributed by atoms with Crippen LogP contribution in [0.2, 0.25) is 5.02 Å². The van der Waals surface area contributed by atoms with E-state index < -0.39 is 0 Å². The molecule has 1 unspecified atom stereocenters. The Balaban J connectivity index is 1.75. The normalized spacial score (nSPS) is 17.7. The summed E-state index contributed by atoms with van der Waals surface area (Å²) in [5.74, 6) is 0. The number of amides is 2. The van der Waals surface area contributed by atoms with Gasteiger partial charge in [0.25, 0.3) is 0 Å². The lowest BCUT2D eigenvalue weighted by molar-refractivity contribution is 0.175. The second-order valence-corrected chi connectivity index (χ2v) is 5.37. The molecule has 4 nitrogen and oxygen atoms in total. The fourth-order valence-electron chi connectivity index (χ4n) is 2.62. The molecule has 1 aliphatic rings. The number of carbonyl (C=O) groups excluding carboxylic acids is 1. The largest absolute Gasteiger partial charge is 0.348 e. The minimum absolute atomic E-state index is 0.0675. The molecule has 0 saturated carbocycles. The van der Waals surface area contributed by atoms with Crippen LogP contribution in [0, 0.1) is 0 Å². The number of benzene rings is 1. The van der Waals surface area contributed by atoms with Crippen LogP contribution in [0.5, 0.6) is 0 Å². The maximum absolute atomic E-state index is 12.4. The van der Waals surface area contributed by atoms with Gasteiger partial charge in [0.05, 0.1) is 6.04 Å². The predicted molar refractivity (Wildman–Crippen MR) is 80.0 cm³/mol. The highest BCUT2D eigenvalue weighted by atomic mass is 35.5. The fourth-order valence-corrected chi connectivity index (χ4v) is 2.81. The first-order chi connectivity index (χ1) is 9.65. The topological polar surface area (TPSA) is 37.3 Å². The Morgan fingerprint density at radius 1 is 1.30 bits per heavy atom. The highest BCUT2D eigenvalue weighted by Crippen LogP contribution is 2.26. The number of nitrogens with one attached hydrogen (secondary N) is 1. The van der Waals surface area contributed by atoms with Crippen LogP contribution >= 0.6 is 11.6 Å². The molecule has 20 heavy (non-hydrogen) atoms. The molecule has 3 rings (SSSR count). The molecule has 0 fully saturated rings. The minimum Gasteiger partial charge on any atom is -0.348 e. The Labute approximate surface area is 123 Å². The number of nitrogens with zero attached hydrogens (tertiary/aromatic N) is 2. The Morgan fingerprint density at radius 2 is 2.15 bits per heavy atom. The molecule has 5 heteroatoms. The average molecular weight is 290 g/mol. The van der Waals surface area contributed by atoms with Gasteiger partial charge in [-0.05, 0) is 37.3 Å². The Bertz CT molecular complexity index is 638. The van der Waals surface area contributed by atoms with E-state index in [9.17, 15) is 4.79 Å². The van der Waals surface area contributed by atoms with Crippen molar-refractivity contribution in [1.29, 1.82) is 0 Å². The summed E-state index contributed by atoms with van der Waals surface area (Å²) in [5.41, 5.74) is 1.88. The first-order valence-corrected chi connectivity index (χ1v) is 7.01. The number of halogens is 1. The van der Waals surface area contributed by atoms with Gasteiger partial charge in [-0.3, -0.25) is 0 Å². The Kier molecular flexibility index (Phi) is 3.40. The number of fused-ring (bicyclic) bond motifs is 1. The van der Waals surface area contributed by atoms with Crippen molar-refractivity contribution in [3.8, 4) is 0 Å². The van der Waals surface area contributed by atoms with E-state index in [0.717, 1.165) is 17.9 Å². The monoisotopic (exact) mass is 289 g/mol. The van der Waals surface area contributed by atoms with Gasteiger partial charge in [0.15, 0.2) is 0 Å². The number of aromatic nitrogens is 1. The van der Waals surface area contributed by atoms with Crippen LogP contribution in [0.25, 0.3) is 0 Å². The van der Waals surface area contributed by atoms with E-state index in [2.05, 4.69) is 22.1 Å². The number of anilines is 1. The van der Waals surface area contributed by atoms with Gasteiger partial charge in [0.2, 0.25) is 0 Å². The zero-order chi connectivity index (χ0) is 14.1. The molecule has 0 bridgehead atoms. The summed E-state index contributed by atoms with van der Waals surface area (Å²) in [6.45, 7) is 3.58. The molecule has 104 valence electrons. The molecule has 0 saturated heterocycles. The van der Waals surface area contributed by atoms with Gasteiger partial charge in [-0.2, -0.15) is 0 Å². The van der Waals surface area contributed by atoms with Gasteiger partial charge >= 0.3 is 6.03 Å². The van der Waals surface area contributed by atoms with Crippen LogP contribution in [-0.4, -0.2) is 22.0 Å². The van der Waals surface area contributed by atoms with Gasteiger partial charge in [-0.15, -0.1) is 0 Å². The Morgan fingerprint density at radius 3 is 2.95 bits per heavy atom. The van der Waals surface area contributed by atoms with Crippen molar-refractivity contribution in [3.05, 3.63) is 53.3 Å². The fraction of sp³-hybridized carbons (Fsp3) is 0.267. The lowest BCUT2D eigenvalue weighted by Crippen LogP contribution is -2.42. The second-order valence-electron chi connectivity index (χ2n) is 4.94. The minimum atomic E-state index is -0.0905. The summed E-state index contributed by atoms with van der Waals surface area (Å²) in [6.07, 6.45) is 2.05. The molecular formula is C15H16ClN3O. The third-order valence-corrected chi connectivity index (χ3v) is 3.91. The SMILES string of the molecule is CC1c2cccn2CCN1C(=O)Nc1cccc(Cl)c1. The second kappa shape index (κ2) is 5.21. The molecule has 1 atom stereocenters. The zero-order valence-corrected chi connectivity index (χ0v) is 12.0. The van der Waals surface area contributed by atoms with E-state index in [-0.39, 0.29) is 12.1 Å². The molecule has 1 aromatic heterocycles. The molecule has 1 N–H and O–H groups in total. The summed E-state index contributed by atoms with van der Waals surface area (Å²) >= 11 is 5.93. The molecule has 0 aliphatic carbocycles. The highest BCUT2D eigenvalue weighted by molar-refractivity contribution is 6.30. The van der Waals surface area contributed by atoms with Crippen molar-refractivity contribution in [2.75, 3.05) is 11.9 Å². The summed E-state index contributed by atoms with van der Waals surface area (Å²) < 4.78 is 2.19. The zero-order valence-electron chi connectivity index (χ0n) is 11.2. The smallest absolute Gasteiger partial charge is 0.322 e. The highest BCUT2D eigenvalue weighted by Gasteiger charge is 2.27. The summed E-state index contributed by atoms with van der Waals surface area (Å²) in [5, 5.41) is 3.51. The number of hydrogen-bond donors (Lipinski definition) is 1. The molecule has 1 aliphatic heterocycles. The number of urea groups is 1. The summed E-state index contributed by atoms with van der Waals surface area (Å²) in [4.78, 5) is 14.2. The van der Waals surface area contributed by atoms with Crippen LogP contribution in [-0.2, 0) is 6.54 Å². The van der Waals surface area contributed by atoms with E-state index in [4.69, 9.17) is 11.6 Å². The Hall–Kier alpha value is -1.94. The number of hydrogen-bond acceptors (Lipinski definition) is 1. The third-order valence-electron chi connectivity index (χ3n) is 3.68. The van der Waals surface area contributed by atoms with Crippen LogP contribution in [0.1, 0.15) is 18.7 Å². The molecular weight excluding hydrogens is 274 g/mol. The summed E-state index contributed by atoms with van der Waals surface area (Å²) in [6, 6.07) is 11.2. The van der Waals surface area contributed by atoms with Crippen molar-refractivity contribution in [1.82, 2.24) is 9.47 Å². The van der Waals surface area contributed by atoms with Crippen LogP contribution in [0.4, 0.5) is 10.5 Å². The average Bonchev–Trinajstić information content (AvgIpc) is 2.88. The van der Waals surface area contributed by atoms with Crippen molar-refractivity contribution in [2.45, 2.75) is 19.5 Å². The lowest BCUT2D eigenvalue weighted by Gasteiger charge is -2.34. The van der Waals surface area contributed by atoms with Crippen LogP contribution in [0.15, 0.2) is 42.6 Å². The molecule has 2 heterocycles. The molecule has 0 spiro atoms. The van der Waals surface area contributed by atoms with E-state index in [1.807, 2.05) is 30.0 Å². The molecule has 2 amide bonds. The maximum atomic E-state index is 12.4. The third kappa shape index (κ3) is 2.39. The van der Waals surface area contributed by atoms with E-state index in [1.165, 1.54) is 0 Å². The lowest BCUT2D eigenvalue weighted by atomic mass is 10.1. The van der Waals surface area contributed by atoms with Crippen LogP contribution < -0.4 is 5.32 Å². The van der Waals surface area contributed by atoms with Gasteiger partial charge in [0.1, 0.15) is 0 Å². The van der Waals surface area contributed by atoms with Crippen molar-refractivity contribution in [3.63, 3.8) is 0 Å². The van der Waals surface area contributed by atoms with Crippen molar-refractivity contribution < 1.29 is 4.79 Å². The quantitative estimate of drug-likeness (QED) is 0.853. The molecule has 2 aromatic rings. The first kappa shape index (κ1) is 13.1. The van der Waals surface area contributed by atoms with Crippen LogP contribution in [0.3, 0.4) is 0 Å². The van der Waals surface area contributed by atoms with E-state index in [0.29, 0.717) is 11.6 Å². The standard InChI is InChI=1S/C15H16ClN3O/c1-11-14-6-3-7-18(14)8-9-19(11)15(20)17-13-5-2-4-12(16)10-13/h2-7,10-11H,8-9H2,1H3,(H,17,20). The summed E-state index contributed by atoms with van der Waals surface area (Å²) in [7, 11) is 0. The van der Waals surface area contributed by atoms with Gasteiger partial charge < -0.3 is 14.8 Å². The number of carbonyl (C=O) groups is 1.